The normalized spacial score (nSPS) is 21.2. The van der Waals surface area contributed by atoms with Crippen LogP contribution in [-0.2, 0) is 4.79 Å². The summed E-state index contributed by atoms with van der Waals surface area (Å²) < 4.78 is 0. The van der Waals surface area contributed by atoms with Crippen molar-refractivity contribution in [1.29, 1.82) is 0 Å². The van der Waals surface area contributed by atoms with Crippen molar-refractivity contribution in [2.45, 2.75) is 37.2 Å². The Morgan fingerprint density at radius 1 is 1.26 bits per heavy atom. The van der Waals surface area contributed by atoms with Gasteiger partial charge < -0.3 is 10.2 Å². The summed E-state index contributed by atoms with van der Waals surface area (Å²) in [6.45, 7) is 0. The van der Waals surface area contributed by atoms with Crippen molar-refractivity contribution >= 4 is 17.6 Å². The van der Waals surface area contributed by atoms with Gasteiger partial charge >= 0.3 is 5.97 Å². The van der Waals surface area contributed by atoms with E-state index >= 15 is 0 Å². The van der Waals surface area contributed by atoms with Crippen molar-refractivity contribution in [2.24, 2.45) is 11.8 Å². The molecule has 2 aliphatic carbocycles. The van der Waals surface area contributed by atoms with Gasteiger partial charge in [-0.3, -0.25) is 4.79 Å². The standard InChI is InChI=1S/C15H17ClO3/c16-12-3-1-2-9(8-12)13(14(17)18)15(19,10-4-5-10)11-6-7-11/h1-3,8,10-11,13,19H,4-7H2,(H,17,18)/t13-/m1/s1. The molecule has 2 aliphatic rings. The number of aliphatic carboxylic acids is 1. The summed E-state index contributed by atoms with van der Waals surface area (Å²) in [6.07, 6.45) is 3.71. The van der Waals surface area contributed by atoms with E-state index in [1.54, 1.807) is 24.3 Å². The molecular formula is C15H17ClO3. The third kappa shape index (κ3) is 2.26. The molecule has 0 saturated heterocycles. The molecule has 2 saturated carbocycles. The van der Waals surface area contributed by atoms with E-state index in [4.69, 9.17) is 11.6 Å². The summed E-state index contributed by atoms with van der Waals surface area (Å²) in [4.78, 5) is 11.7. The quantitative estimate of drug-likeness (QED) is 0.871. The first-order valence-corrected chi connectivity index (χ1v) is 7.12. The molecule has 0 bridgehead atoms. The minimum atomic E-state index is -1.10. The number of carbonyl (C=O) groups is 1. The maximum Gasteiger partial charge on any atom is 0.313 e. The molecular weight excluding hydrogens is 264 g/mol. The maximum absolute atomic E-state index is 11.7. The molecule has 0 heterocycles. The van der Waals surface area contributed by atoms with Crippen LogP contribution in [0.1, 0.15) is 37.2 Å². The topological polar surface area (TPSA) is 57.5 Å². The number of halogens is 1. The van der Waals surface area contributed by atoms with Crippen LogP contribution in [0.25, 0.3) is 0 Å². The predicted molar refractivity (Wildman–Crippen MR) is 72.2 cm³/mol. The minimum Gasteiger partial charge on any atom is -0.481 e. The summed E-state index contributed by atoms with van der Waals surface area (Å²) in [7, 11) is 0. The molecule has 0 spiro atoms. The van der Waals surface area contributed by atoms with Gasteiger partial charge in [0.05, 0.1) is 5.60 Å². The highest BCUT2D eigenvalue weighted by atomic mass is 35.5. The average Bonchev–Trinajstić information content (AvgIpc) is 3.19. The van der Waals surface area contributed by atoms with Gasteiger partial charge in [0.25, 0.3) is 0 Å². The SMILES string of the molecule is O=C(O)[C@@H](c1cccc(Cl)c1)C(O)(C1CC1)C1CC1. The van der Waals surface area contributed by atoms with E-state index < -0.39 is 17.5 Å². The minimum absolute atomic E-state index is 0.125. The molecule has 0 aliphatic heterocycles. The van der Waals surface area contributed by atoms with Crippen molar-refractivity contribution < 1.29 is 15.0 Å². The fraction of sp³-hybridized carbons (Fsp3) is 0.533. The van der Waals surface area contributed by atoms with Crippen molar-refractivity contribution in [3.63, 3.8) is 0 Å². The monoisotopic (exact) mass is 280 g/mol. The first-order chi connectivity index (χ1) is 9.03. The molecule has 0 amide bonds. The van der Waals surface area contributed by atoms with Gasteiger partial charge in [-0.25, -0.2) is 0 Å². The van der Waals surface area contributed by atoms with Gasteiger partial charge in [-0.2, -0.15) is 0 Å². The molecule has 102 valence electrons. The number of benzene rings is 1. The van der Waals surface area contributed by atoms with Gasteiger partial charge in [0, 0.05) is 5.02 Å². The fourth-order valence-electron chi connectivity index (χ4n) is 3.19. The zero-order valence-electron chi connectivity index (χ0n) is 10.6. The second-order valence-electron chi connectivity index (χ2n) is 5.76. The van der Waals surface area contributed by atoms with E-state index in [-0.39, 0.29) is 11.8 Å². The summed E-state index contributed by atoms with van der Waals surface area (Å²) in [5, 5.41) is 21.2. The van der Waals surface area contributed by atoms with E-state index in [1.807, 2.05) is 0 Å². The Kier molecular flexibility index (Phi) is 3.06. The van der Waals surface area contributed by atoms with E-state index in [1.165, 1.54) is 0 Å². The van der Waals surface area contributed by atoms with Crippen LogP contribution in [0, 0.1) is 11.8 Å². The highest BCUT2D eigenvalue weighted by Gasteiger charge is 2.59. The van der Waals surface area contributed by atoms with Crippen LogP contribution in [0.4, 0.5) is 0 Å². The molecule has 4 heteroatoms. The van der Waals surface area contributed by atoms with Crippen LogP contribution in [0.3, 0.4) is 0 Å². The lowest BCUT2D eigenvalue weighted by atomic mass is 9.75. The highest BCUT2D eigenvalue weighted by Crippen LogP contribution is 2.57. The number of carboxylic acid groups (broad SMARTS) is 1. The Bertz CT molecular complexity index is 494. The highest BCUT2D eigenvalue weighted by molar-refractivity contribution is 6.30. The average molecular weight is 281 g/mol. The molecule has 3 rings (SSSR count). The van der Waals surface area contributed by atoms with E-state index in [0.717, 1.165) is 25.7 Å². The molecule has 19 heavy (non-hydrogen) atoms. The molecule has 1 aromatic rings. The maximum atomic E-state index is 11.7. The number of hydrogen-bond acceptors (Lipinski definition) is 2. The summed E-state index contributed by atoms with van der Waals surface area (Å²) in [6, 6.07) is 6.88. The smallest absolute Gasteiger partial charge is 0.313 e. The second kappa shape index (κ2) is 4.50. The molecule has 2 fully saturated rings. The first-order valence-electron chi connectivity index (χ1n) is 6.74. The summed E-state index contributed by atoms with van der Waals surface area (Å²) >= 11 is 5.96. The predicted octanol–water partition coefficient (Wildman–Crippen LogP) is 3.06. The molecule has 0 radical (unpaired) electrons. The molecule has 1 aromatic carbocycles. The van der Waals surface area contributed by atoms with Crippen molar-refractivity contribution in [3.8, 4) is 0 Å². The van der Waals surface area contributed by atoms with Crippen molar-refractivity contribution in [3.05, 3.63) is 34.9 Å². The second-order valence-corrected chi connectivity index (χ2v) is 6.20. The summed E-state index contributed by atoms with van der Waals surface area (Å²) in [5.41, 5.74) is -0.488. The van der Waals surface area contributed by atoms with Crippen molar-refractivity contribution in [2.75, 3.05) is 0 Å². The molecule has 0 aromatic heterocycles. The molecule has 0 unspecified atom stereocenters. The molecule has 1 atom stereocenters. The van der Waals surface area contributed by atoms with Crippen LogP contribution in [0.15, 0.2) is 24.3 Å². The van der Waals surface area contributed by atoms with Gasteiger partial charge in [0.15, 0.2) is 0 Å². The molecule has 3 nitrogen and oxygen atoms in total. The Balaban J connectivity index is 2.02. The van der Waals surface area contributed by atoms with Crippen LogP contribution >= 0.6 is 11.6 Å². The lowest BCUT2D eigenvalue weighted by Crippen LogP contribution is -2.44. The zero-order chi connectivity index (χ0) is 13.6. The van der Waals surface area contributed by atoms with Gasteiger partial charge in [0.1, 0.15) is 5.92 Å². The largest absolute Gasteiger partial charge is 0.481 e. The number of rotatable bonds is 5. The third-order valence-electron chi connectivity index (χ3n) is 4.35. The zero-order valence-corrected chi connectivity index (χ0v) is 11.3. The number of aliphatic hydroxyl groups is 1. The number of hydrogen-bond donors (Lipinski definition) is 2. The lowest BCUT2D eigenvalue weighted by molar-refractivity contribution is -0.149. The van der Waals surface area contributed by atoms with Crippen LogP contribution in [0.5, 0.6) is 0 Å². The van der Waals surface area contributed by atoms with E-state index in [0.29, 0.717) is 10.6 Å². The lowest BCUT2D eigenvalue weighted by Gasteiger charge is -2.35. The van der Waals surface area contributed by atoms with E-state index in [2.05, 4.69) is 0 Å². The van der Waals surface area contributed by atoms with Gasteiger partial charge in [-0.1, -0.05) is 23.7 Å². The van der Waals surface area contributed by atoms with Crippen LogP contribution in [0.2, 0.25) is 5.02 Å². The van der Waals surface area contributed by atoms with Gasteiger partial charge in [-0.15, -0.1) is 0 Å². The van der Waals surface area contributed by atoms with Crippen LogP contribution < -0.4 is 0 Å². The van der Waals surface area contributed by atoms with Crippen molar-refractivity contribution in [1.82, 2.24) is 0 Å². The molecule has 2 N–H and O–H groups in total. The first kappa shape index (κ1) is 12.9. The Labute approximate surface area is 117 Å². The third-order valence-corrected chi connectivity index (χ3v) is 4.59. The number of carboxylic acids is 1. The van der Waals surface area contributed by atoms with Gasteiger partial charge in [-0.05, 0) is 55.2 Å². The van der Waals surface area contributed by atoms with Crippen LogP contribution in [-0.4, -0.2) is 21.8 Å². The Morgan fingerprint density at radius 2 is 1.84 bits per heavy atom. The Hall–Kier alpha value is -1.06. The summed E-state index contributed by atoms with van der Waals surface area (Å²) in [5.74, 6) is -1.57. The van der Waals surface area contributed by atoms with E-state index in [9.17, 15) is 15.0 Å². The fourth-order valence-corrected chi connectivity index (χ4v) is 3.39. The Morgan fingerprint density at radius 3 is 2.26 bits per heavy atom. The van der Waals surface area contributed by atoms with Gasteiger partial charge in [0.2, 0.25) is 0 Å².